The van der Waals surface area contributed by atoms with Gasteiger partial charge in [0.25, 0.3) is 0 Å². The lowest BCUT2D eigenvalue weighted by atomic mass is 10.1. The summed E-state index contributed by atoms with van der Waals surface area (Å²) in [5.74, 6) is 0. The first-order valence-corrected chi connectivity index (χ1v) is 4.27. The normalized spacial score (nSPS) is 11.3. The Labute approximate surface area is 79.0 Å². The van der Waals surface area contributed by atoms with E-state index in [4.69, 9.17) is 0 Å². The maximum atomic E-state index is 4.22. The van der Waals surface area contributed by atoms with E-state index >= 15 is 0 Å². The SMILES string of the molecule is C=Cc1ccccc1/C=C(\C)S. The molecule has 0 fully saturated rings. The molecule has 12 heavy (non-hydrogen) atoms. The monoisotopic (exact) mass is 176 g/mol. The number of benzene rings is 1. The molecule has 0 N–H and O–H groups in total. The van der Waals surface area contributed by atoms with E-state index in [1.807, 2.05) is 37.3 Å². The van der Waals surface area contributed by atoms with E-state index in [2.05, 4.69) is 25.3 Å². The summed E-state index contributed by atoms with van der Waals surface area (Å²) >= 11 is 4.22. The molecule has 0 spiro atoms. The van der Waals surface area contributed by atoms with Crippen LogP contribution in [0.2, 0.25) is 0 Å². The molecule has 0 nitrogen and oxygen atoms in total. The average Bonchev–Trinajstić information content (AvgIpc) is 2.04. The van der Waals surface area contributed by atoms with Crippen LogP contribution >= 0.6 is 12.6 Å². The third-order valence-electron chi connectivity index (χ3n) is 1.58. The number of allylic oxidation sites excluding steroid dienone is 1. The Morgan fingerprint density at radius 1 is 1.33 bits per heavy atom. The average molecular weight is 176 g/mol. The minimum absolute atomic E-state index is 1.00. The predicted octanol–water partition coefficient (Wildman–Crippen LogP) is 3.62. The summed E-state index contributed by atoms with van der Waals surface area (Å²) in [7, 11) is 0. The van der Waals surface area contributed by atoms with Crippen molar-refractivity contribution in [3.63, 3.8) is 0 Å². The number of rotatable bonds is 2. The van der Waals surface area contributed by atoms with E-state index in [9.17, 15) is 0 Å². The summed E-state index contributed by atoms with van der Waals surface area (Å²) in [6, 6.07) is 8.10. The van der Waals surface area contributed by atoms with E-state index in [1.54, 1.807) is 0 Å². The predicted molar refractivity (Wildman–Crippen MR) is 59.2 cm³/mol. The first-order valence-electron chi connectivity index (χ1n) is 3.83. The molecule has 0 aliphatic heterocycles. The fourth-order valence-electron chi connectivity index (χ4n) is 1.05. The largest absolute Gasteiger partial charge is 0.148 e. The quantitative estimate of drug-likeness (QED) is 0.654. The third kappa shape index (κ3) is 2.28. The molecule has 0 unspecified atom stereocenters. The molecule has 0 heterocycles. The second-order valence-corrected chi connectivity index (χ2v) is 3.32. The Bertz CT molecular complexity index is 307. The van der Waals surface area contributed by atoms with Crippen LogP contribution in [0.5, 0.6) is 0 Å². The third-order valence-corrected chi connectivity index (χ3v) is 1.71. The van der Waals surface area contributed by atoms with Gasteiger partial charge in [-0.2, -0.15) is 0 Å². The van der Waals surface area contributed by atoms with Gasteiger partial charge in [-0.3, -0.25) is 0 Å². The molecule has 1 aromatic carbocycles. The maximum absolute atomic E-state index is 4.22. The van der Waals surface area contributed by atoms with Crippen molar-refractivity contribution in [3.8, 4) is 0 Å². The molecular weight excluding hydrogens is 164 g/mol. The summed E-state index contributed by atoms with van der Waals surface area (Å²) in [6.45, 7) is 5.71. The van der Waals surface area contributed by atoms with Crippen molar-refractivity contribution in [2.45, 2.75) is 6.92 Å². The molecule has 0 radical (unpaired) electrons. The second-order valence-electron chi connectivity index (χ2n) is 2.62. The highest BCUT2D eigenvalue weighted by Crippen LogP contribution is 2.14. The van der Waals surface area contributed by atoms with Crippen molar-refractivity contribution in [2.75, 3.05) is 0 Å². The van der Waals surface area contributed by atoms with Crippen LogP contribution in [0.15, 0.2) is 35.7 Å². The highest BCUT2D eigenvalue weighted by atomic mass is 32.1. The van der Waals surface area contributed by atoms with Crippen molar-refractivity contribution in [3.05, 3.63) is 46.9 Å². The van der Waals surface area contributed by atoms with E-state index in [0.29, 0.717) is 0 Å². The van der Waals surface area contributed by atoms with Gasteiger partial charge in [0.15, 0.2) is 0 Å². The van der Waals surface area contributed by atoms with E-state index in [0.717, 1.165) is 10.5 Å². The molecule has 62 valence electrons. The Morgan fingerprint density at radius 2 is 1.92 bits per heavy atom. The van der Waals surface area contributed by atoms with Crippen LogP contribution in [0, 0.1) is 0 Å². The minimum atomic E-state index is 1.00. The van der Waals surface area contributed by atoms with Gasteiger partial charge in [-0.05, 0) is 29.0 Å². The van der Waals surface area contributed by atoms with Gasteiger partial charge < -0.3 is 0 Å². The molecule has 0 saturated carbocycles. The van der Waals surface area contributed by atoms with Crippen molar-refractivity contribution in [1.82, 2.24) is 0 Å². The van der Waals surface area contributed by atoms with Crippen LogP contribution in [0.3, 0.4) is 0 Å². The lowest BCUT2D eigenvalue weighted by molar-refractivity contribution is 1.59. The Kier molecular flexibility index (Phi) is 3.18. The van der Waals surface area contributed by atoms with Gasteiger partial charge in [0.1, 0.15) is 0 Å². The molecule has 1 heteroatoms. The van der Waals surface area contributed by atoms with Crippen LogP contribution in [0.25, 0.3) is 12.2 Å². The van der Waals surface area contributed by atoms with Gasteiger partial charge in [-0.25, -0.2) is 0 Å². The number of hydrogen-bond donors (Lipinski definition) is 1. The minimum Gasteiger partial charge on any atom is -0.148 e. The maximum Gasteiger partial charge on any atom is -0.0177 e. The molecule has 1 rings (SSSR count). The standard InChI is InChI=1S/C11H12S/c1-3-10-6-4-5-7-11(10)8-9(2)12/h3-8,12H,1H2,2H3/b9-8+. The summed E-state index contributed by atoms with van der Waals surface area (Å²) in [5.41, 5.74) is 2.31. The van der Waals surface area contributed by atoms with E-state index < -0.39 is 0 Å². The molecule has 0 saturated heterocycles. The lowest BCUT2D eigenvalue weighted by Crippen LogP contribution is -1.78. The Balaban J connectivity index is 3.14. The fraction of sp³-hybridized carbons (Fsp3) is 0.0909. The van der Waals surface area contributed by atoms with Crippen molar-refractivity contribution in [1.29, 1.82) is 0 Å². The zero-order valence-corrected chi connectivity index (χ0v) is 8.01. The second kappa shape index (κ2) is 4.17. The molecule has 0 aromatic heterocycles. The molecule has 0 aliphatic rings. The lowest BCUT2D eigenvalue weighted by Gasteiger charge is -1.99. The zero-order chi connectivity index (χ0) is 8.97. The van der Waals surface area contributed by atoms with Gasteiger partial charge in [0.2, 0.25) is 0 Å². The van der Waals surface area contributed by atoms with Gasteiger partial charge in [-0.15, -0.1) is 12.6 Å². The first kappa shape index (κ1) is 9.14. The van der Waals surface area contributed by atoms with Crippen LogP contribution in [-0.4, -0.2) is 0 Å². The van der Waals surface area contributed by atoms with Gasteiger partial charge >= 0.3 is 0 Å². The number of thiol groups is 1. The number of hydrogen-bond acceptors (Lipinski definition) is 1. The van der Waals surface area contributed by atoms with E-state index in [1.165, 1.54) is 5.56 Å². The van der Waals surface area contributed by atoms with Crippen LogP contribution in [0.1, 0.15) is 18.1 Å². The highest BCUT2D eigenvalue weighted by molar-refractivity contribution is 7.84. The summed E-state index contributed by atoms with van der Waals surface area (Å²) < 4.78 is 0. The van der Waals surface area contributed by atoms with Gasteiger partial charge in [-0.1, -0.05) is 36.9 Å². The molecule has 0 bridgehead atoms. The summed E-state index contributed by atoms with van der Waals surface area (Å²) in [5, 5.41) is 0. The summed E-state index contributed by atoms with van der Waals surface area (Å²) in [6.07, 6.45) is 3.88. The fourth-order valence-corrected chi connectivity index (χ4v) is 1.19. The zero-order valence-electron chi connectivity index (χ0n) is 7.12. The van der Waals surface area contributed by atoms with Crippen LogP contribution in [-0.2, 0) is 0 Å². The molecule has 0 atom stereocenters. The van der Waals surface area contributed by atoms with Crippen LogP contribution in [0.4, 0.5) is 0 Å². The Morgan fingerprint density at radius 3 is 2.42 bits per heavy atom. The van der Waals surface area contributed by atoms with Gasteiger partial charge in [0.05, 0.1) is 0 Å². The van der Waals surface area contributed by atoms with E-state index in [-0.39, 0.29) is 0 Å². The molecule has 0 aliphatic carbocycles. The smallest absolute Gasteiger partial charge is 0.0177 e. The first-order chi connectivity index (χ1) is 5.74. The molecule has 1 aromatic rings. The van der Waals surface area contributed by atoms with Crippen LogP contribution < -0.4 is 0 Å². The molecular formula is C11H12S. The highest BCUT2D eigenvalue weighted by Gasteiger charge is 1.92. The molecule has 0 amide bonds. The van der Waals surface area contributed by atoms with Gasteiger partial charge in [0, 0.05) is 0 Å². The summed E-state index contributed by atoms with van der Waals surface area (Å²) in [4.78, 5) is 1.00. The topological polar surface area (TPSA) is 0 Å². The van der Waals surface area contributed by atoms with Crippen molar-refractivity contribution < 1.29 is 0 Å². The Hall–Kier alpha value is -0.950. The van der Waals surface area contributed by atoms with Crippen molar-refractivity contribution >= 4 is 24.8 Å². The van der Waals surface area contributed by atoms with Crippen molar-refractivity contribution in [2.24, 2.45) is 0 Å².